The van der Waals surface area contributed by atoms with Gasteiger partial charge in [0.05, 0.1) is 5.56 Å². The SMILES string of the molecule is CN1CCC(CNc2cc(Cl)cc(C(F)(F)F)c2)CC1. The molecule has 0 aromatic heterocycles. The van der Waals surface area contributed by atoms with Crippen molar-refractivity contribution >= 4 is 17.3 Å². The zero-order valence-electron chi connectivity index (χ0n) is 11.3. The van der Waals surface area contributed by atoms with E-state index < -0.39 is 11.7 Å². The molecule has 6 heteroatoms. The molecule has 0 unspecified atom stereocenters. The van der Waals surface area contributed by atoms with Gasteiger partial charge in [0.1, 0.15) is 0 Å². The van der Waals surface area contributed by atoms with Crippen LogP contribution < -0.4 is 5.32 Å². The Labute approximate surface area is 121 Å². The fraction of sp³-hybridized carbons (Fsp3) is 0.571. The fourth-order valence-corrected chi connectivity index (χ4v) is 2.62. The van der Waals surface area contributed by atoms with E-state index in [0.29, 0.717) is 18.2 Å². The topological polar surface area (TPSA) is 15.3 Å². The highest BCUT2D eigenvalue weighted by Crippen LogP contribution is 2.33. The zero-order valence-corrected chi connectivity index (χ0v) is 12.1. The van der Waals surface area contributed by atoms with Crippen molar-refractivity contribution in [1.29, 1.82) is 0 Å². The maximum absolute atomic E-state index is 12.7. The van der Waals surface area contributed by atoms with Crippen molar-refractivity contribution in [2.45, 2.75) is 19.0 Å². The molecule has 1 fully saturated rings. The number of nitrogens with zero attached hydrogens (tertiary/aromatic N) is 1. The number of benzene rings is 1. The monoisotopic (exact) mass is 306 g/mol. The molecule has 2 rings (SSSR count). The summed E-state index contributed by atoms with van der Waals surface area (Å²) in [5, 5.41) is 3.18. The summed E-state index contributed by atoms with van der Waals surface area (Å²) >= 11 is 5.75. The van der Waals surface area contributed by atoms with Gasteiger partial charge in [0.15, 0.2) is 0 Å². The van der Waals surface area contributed by atoms with E-state index in [2.05, 4.69) is 17.3 Å². The summed E-state index contributed by atoms with van der Waals surface area (Å²) < 4.78 is 38.1. The molecule has 1 aromatic carbocycles. The summed E-state index contributed by atoms with van der Waals surface area (Å²) in [6, 6.07) is 3.59. The Kier molecular flexibility index (Phi) is 4.81. The van der Waals surface area contributed by atoms with E-state index in [1.807, 2.05) is 0 Å². The Morgan fingerprint density at radius 1 is 1.25 bits per heavy atom. The van der Waals surface area contributed by atoms with E-state index >= 15 is 0 Å². The van der Waals surface area contributed by atoms with Crippen molar-refractivity contribution in [3.05, 3.63) is 28.8 Å². The van der Waals surface area contributed by atoms with Crippen LogP contribution >= 0.6 is 11.6 Å². The summed E-state index contributed by atoms with van der Waals surface area (Å²) in [5.41, 5.74) is -0.278. The number of halogens is 4. The van der Waals surface area contributed by atoms with Crippen molar-refractivity contribution in [3.8, 4) is 0 Å². The molecule has 0 amide bonds. The molecular weight excluding hydrogens is 289 g/mol. The number of piperidine rings is 1. The molecule has 1 N–H and O–H groups in total. The second kappa shape index (κ2) is 6.22. The molecule has 1 aromatic rings. The van der Waals surface area contributed by atoms with E-state index in [-0.39, 0.29) is 5.02 Å². The van der Waals surface area contributed by atoms with Crippen molar-refractivity contribution in [2.24, 2.45) is 5.92 Å². The number of alkyl halides is 3. The molecule has 1 heterocycles. The molecule has 1 aliphatic heterocycles. The van der Waals surface area contributed by atoms with Gasteiger partial charge in [-0.15, -0.1) is 0 Å². The van der Waals surface area contributed by atoms with E-state index in [9.17, 15) is 13.2 Å². The van der Waals surface area contributed by atoms with Gasteiger partial charge in [-0.1, -0.05) is 11.6 Å². The van der Waals surface area contributed by atoms with Crippen LogP contribution in [0.1, 0.15) is 18.4 Å². The molecule has 0 atom stereocenters. The Balaban J connectivity index is 1.97. The van der Waals surface area contributed by atoms with Gasteiger partial charge in [-0.3, -0.25) is 0 Å². The third-order valence-corrected chi connectivity index (χ3v) is 3.88. The van der Waals surface area contributed by atoms with Crippen LogP contribution in [0.5, 0.6) is 0 Å². The van der Waals surface area contributed by atoms with E-state index in [4.69, 9.17) is 11.6 Å². The summed E-state index contributed by atoms with van der Waals surface area (Å²) in [6.07, 6.45) is -2.23. The van der Waals surface area contributed by atoms with Crippen molar-refractivity contribution in [3.63, 3.8) is 0 Å². The number of likely N-dealkylation sites (tertiary alicyclic amines) is 1. The number of rotatable bonds is 3. The van der Waals surface area contributed by atoms with Crippen LogP contribution in [0.25, 0.3) is 0 Å². The lowest BCUT2D eigenvalue weighted by molar-refractivity contribution is -0.137. The predicted molar refractivity (Wildman–Crippen MR) is 75.2 cm³/mol. The molecular formula is C14H18ClF3N2. The second-order valence-corrected chi connectivity index (χ2v) is 5.79. The van der Waals surface area contributed by atoms with Gasteiger partial charge in [-0.25, -0.2) is 0 Å². The van der Waals surface area contributed by atoms with Gasteiger partial charge >= 0.3 is 6.18 Å². The number of anilines is 1. The average molecular weight is 307 g/mol. The summed E-state index contributed by atoms with van der Waals surface area (Å²) in [7, 11) is 2.08. The van der Waals surface area contributed by atoms with Gasteiger partial charge in [0.25, 0.3) is 0 Å². The Morgan fingerprint density at radius 2 is 1.90 bits per heavy atom. The van der Waals surface area contributed by atoms with Crippen LogP contribution in [0.2, 0.25) is 5.02 Å². The van der Waals surface area contributed by atoms with Crippen molar-refractivity contribution in [2.75, 3.05) is 32.0 Å². The zero-order chi connectivity index (χ0) is 14.8. The normalized spacial score (nSPS) is 18.2. The third-order valence-electron chi connectivity index (χ3n) is 3.66. The van der Waals surface area contributed by atoms with Gasteiger partial charge in [-0.05, 0) is 57.1 Å². The van der Waals surface area contributed by atoms with E-state index in [1.54, 1.807) is 0 Å². The number of hydrogen-bond donors (Lipinski definition) is 1. The first-order valence-corrected chi connectivity index (χ1v) is 7.02. The summed E-state index contributed by atoms with van der Waals surface area (Å²) in [6.45, 7) is 2.76. The Bertz CT molecular complexity index is 454. The summed E-state index contributed by atoms with van der Waals surface area (Å²) in [5.74, 6) is 0.500. The molecule has 20 heavy (non-hydrogen) atoms. The molecule has 112 valence electrons. The fourth-order valence-electron chi connectivity index (χ4n) is 2.38. The van der Waals surface area contributed by atoms with Crippen molar-refractivity contribution in [1.82, 2.24) is 4.90 Å². The first-order chi connectivity index (χ1) is 9.34. The first kappa shape index (κ1) is 15.4. The predicted octanol–water partition coefficient (Wildman–Crippen LogP) is 4.11. The highest BCUT2D eigenvalue weighted by molar-refractivity contribution is 6.30. The minimum Gasteiger partial charge on any atom is -0.385 e. The van der Waals surface area contributed by atoms with Crippen LogP contribution in [-0.2, 0) is 6.18 Å². The minimum atomic E-state index is -4.37. The molecule has 0 spiro atoms. The largest absolute Gasteiger partial charge is 0.416 e. The van der Waals surface area contributed by atoms with Gasteiger partial charge in [0, 0.05) is 17.3 Å². The average Bonchev–Trinajstić information content (AvgIpc) is 2.36. The highest BCUT2D eigenvalue weighted by Gasteiger charge is 2.31. The van der Waals surface area contributed by atoms with Gasteiger partial charge < -0.3 is 10.2 Å². The maximum atomic E-state index is 12.7. The molecule has 1 saturated heterocycles. The summed E-state index contributed by atoms with van der Waals surface area (Å²) in [4.78, 5) is 2.26. The molecule has 0 aliphatic carbocycles. The van der Waals surface area contributed by atoms with Crippen LogP contribution in [0.4, 0.5) is 18.9 Å². The standard InChI is InChI=1S/C14H18ClF3N2/c1-20-4-2-10(3-5-20)9-19-13-7-11(14(16,17)18)6-12(15)8-13/h6-8,10,19H,2-5,9H2,1H3. The van der Waals surface area contributed by atoms with Crippen LogP contribution in [0.15, 0.2) is 18.2 Å². The van der Waals surface area contributed by atoms with E-state index in [1.165, 1.54) is 6.07 Å². The first-order valence-electron chi connectivity index (χ1n) is 6.65. The third kappa shape index (κ3) is 4.28. The lowest BCUT2D eigenvalue weighted by Gasteiger charge is -2.29. The minimum absolute atomic E-state index is 0.103. The van der Waals surface area contributed by atoms with E-state index in [0.717, 1.165) is 38.1 Å². The second-order valence-electron chi connectivity index (χ2n) is 5.35. The number of hydrogen-bond acceptors (Lipinski definition) is 2. The molecule has 2 nitrogen and oxygen atoms in total. The van der Waals surface area contributed by atoms with Crippen LogP contribution in [0, 0.1) is 5.92 Å². The van der Waals surface area contributed by atoms with Crippen LogP contribution in [-0.4, -0.2) is 31.6 Å². The van der Waals surface area contributed by atoms with Crippen molar-refractivity contribution < 1.29 is 13.2 Å². The van der Waals surface area contributed by atoms with Gasteiger partial charge in [0.2, 0.25) is 0 Å². The number of nitrogens with one attached hydrogen (secondary N) is 1. The smallest absolute Gasteiger partial charge is 0.385 e. The molecule has 1 aliphatic rings. The Morgan fingerprint density at radius 3 is 2.50 bits per heavy atom. The maximum Gasteiger partial charge on any atom is 0.416 e. The van der Waals surface area contributed by atoms with Gasteiger partial charge in [-0.2, -0.15) is 13.2 Å². The lowest BCUT2D eigenvalue weighted by Crippen LogP contribution is -2.32. The molecule has 0 saturated carbocycles. The quantitative estimate of drug-likeness (QED) is 0.904. The Hall–Kier alpha value is -0.940. The molecule has 0 bridgehead atoms. The highest BCUT2D eigenvalue weighted by atomic mass is 35.5. The van der Waals surface area contributed by atoms with Crippen LogP contribution in [0.3, 0.4) is 0 Å². The lowest BCUT2D eigenvalue weighted by atomic mass is 9.97. The molecule has 0 radical (unpaired) electrons.